The van der Waals surface area contributed by atoms with E-state index >= 15 is 0 Å². The minimum Gasteiger partial charge on any atom is -0.361 e. The molecule has 0 aliphatic carbocycles. The Morgan fingerprint density at radius 3 is 2.50 bits per heavy atom. The summed E-state index contributed by atoms with van der Waals surface area (Å²) in [4.78, 5) is 40.4. The van der Waals surface area contributed by atoms with Gasteiger partial charge in [0, 0.05) is 60.4 Å². The Morgan fingerprint density at radius 2 is 1.73 bits per heavy atom. The molecular weight excluding hydrogens is 402 g/mol. The third-order valence-electron chi connectivity index (χ3n) is 5.50. The van der Waals surface area contributed by atoms with Gasteiger partial charge in [-0.1, -0.05) is 48.0 Å². The van der Waals surface area contributed by atoms with Crippen molar-refractivity contribution < 1.29 is 14.4 Å². The Hall–Kier alpha value is -3.12. The van der Waals surface area contributed by atoms with Crippen molar-refractivity contribution in [2.24, 2.45) is 0 Å². The van der Waals surface area contributed by atoms with Crippen molar-refractivity contribution in [3.05, 3.63) is 70.9 Å². The molecule has 3 aromatic rings. The number of nitrogens with one attached hydrogen (secondary N) is 2. The lowest BCUT2D eigenvalue weighted by Crippen LogP contribution is -2.35. The Bertz CT molecular complexity index is 1090. The molecule has 1 aliphatic heterocycles. The summed E-state index contributed by atoms with van der Waals surface area (Å²) in [7, 11) is 0. The number of para-hydroxylation sites is 1. The van der Waals surface area contributed by atoms with E-state index in [0.29, 0.717) is 11.6 Å². The first-order chi connectivity index (χ1) is 14.5. The molecule has 0 saturated carbocycles. The van der Waals surface area contributed by atoms with Gasteiger partial charge in [-0.2, -0.15) is 0 Å². The van der Waals surface area contributed by atoms with Crippen LogP contribution in [0.2, 0.25) is 5.02 Å². The Kier molecular flexibility index (Phi) is 5.86. The number of hydrogen-bond acceptors (Lipinski definition) is 3. The van der Waals surface area contributed by atoms with E-state index in [2.05, 4.69) is 10.3 Å². The largest absolute Gasteiger partial charge is 0.361 e. The molecule has 0 spiro atoms. The molecular formula is C23H22ClN3O3. The molecule has 2 aromatic carbocycles. The molecule has 4 rings (SSSR count). The number of likely N-dealkylation sites (tertiary alicyclic amines) is 1. The molecule has 6 nitrogen and oxygen atoms in total. The number of H-pyrrole nitrogens is 1. The van der Waals surface area contributed by atoms with Gasteiger partial charge in [0.05, 0.1) is 0 Å². The summed E-state index contributed by atoms with van der Waals surface area (Å²) in [5, 5.41) is 4.66. The van der Waals surface area contributed by atoms with E-state index in [1.54, 1.807) is 0 Å². The van der Waals surface area contributed by atoms with Gasteiger partial charge in [-0.3, -0.25) is 19.3 Å². The van der Waals surface area contributed by atoms with Crippen LogP contribution in [0.5, 0.6) is 0 Å². The van der Waals surface area contributed by atoms with Gasteiger partial charge in [0.2, 0.25) is 17.7 Å². The zero-order valence-corrected chi connectivity index (χ0v) is 17.1. The van der Waals surface area contributed by atoms with Crippen molar-refractivity contribution >= 4 is 40.2 Å². The molecule has 1 saturated heterocycles. The van der Waals surface area contributed by atoms with Gasteiger partial charge in [0.15, 0.2) is 0 Å². The van der Waals surface area contributed by atoms with Crippen molar-refractivity contribution in [2.45, 2.75) is 25.2 Å². The molecule has 1 aromatic heterocycles. The van der Waals surface area contributed by atoms with Crippen LogP contribution in [0.1, 0.15) is 36.3 Å². The van der Waals surface area contributed by atoms with E-state index in [1.807, 2.05) is 54.7 Å². The maximum atomic E-state index is 12.5. The van der Waals surface area contributed by atoms with Crippen LogP contribution in [0.15, 0.2) is 54.7 Å². The lowest BCUT2D eigenvalue weighted by molar-refractivity contribution is -0.138. The molecule has 2 N–H and O–H groups in total. The van der Waals surface area contributed by atoms with Gasteiger partial charge >= 0.3 is 0 Å². The third-order valence-corrected chi connectivity index (χ3v) is 5.84. The molecule has 2 heterocycles. The molecule has 3 amide bonds. The van der Waals surface area contributed by atoms with Crippen LogP contribution in [-0.2, 0) is 14.4 Å². The number of aromatic nitrogens is 1. The van der Waals surface area contributed by atoms with Crippen molar-refractivity contribution in [1.29, 1.82) is 0 Å². The second-order valence-corrected chi connectivity index (χ2v) is 7.76. The molecule has 1 fully saturated rings. The van der Waals surface area contributed by atoms with E-state index < -0.39 is 0 Å². The van der Waals surface area contributed by atoms with Crippen LogP contribution in [-0.4, -0.2) is 40.7 Å². The number of benzene rings is 2. The Balaban J connectivity index is 1.51. The zero-order chi connectivity index (χ0) is 21.1. The normalized spacial score (nSPS) is 15.0. The molecule has 0 bridgehead atoms. The van der Waals surface area contributed by atoms with E-state index in [0.717, 1.165) is 22.0 Å². The average molecular weight is 424 g/mol. The second kappa shape index (κ2) is 8.71. The number of hydrogen-bond donors (Lipinski definition) is 2. The van der Waals surface area contributed by atoms with Crippen LogP contribution in [0, 0.1) is 0 Å². The van der Waals surface area contributed by atoms with E-state index in [-0.39, 0.29) is 49.4 Å². The van der Waals surface area contributed by atoms with E-state index in [4.69, 9.17) is 11.6 Å². The highest BCUT2D eigenvalue weighted by atomic mass is 35.5. The number of carbonyl (C=O) groups is 3. The summed E-state index contributed by atoms with van der Waals surface area (Å²) in [6.45, 7) is 0.472. The quantitative estimate of drug-likeness (QED) is 0.569. The summed E-state index contributed by atoms with van der Waals surface area (Å²) in [6, 6.07) is 15.6. The first-order valence-corrected chi connectivity index (χ1v) is 10.3. The van der Waals surface area contributed by atoms with E-state index in [9.17, 15) is 14.4 Å². The van der Waals surface area contributed by atoms with Gasteiger partial charge < -0.3 is 10.3 Å². The Labute approximate surface area is 179 Å². The number of halogens is 1. The lowest BCUT2D eigenvalue weighted by Gasteiger charge is -2.20. The summed E-state index contributed by atoms with van der Waals surface area (Å²) < 4.78 is 0. The van der Waals surface area contributed by atoms with Crippen molar-refractivity contribution in [3.63, 3.8) is 0 Å². The molecule has 30 heavy (non-hydrogen) atoms. The fourth-order valence-electron chi connectivity index (χ4n) is 3.92. The number of aromatic amines is 1. The Morgan fingerprint density at radius 1 is 1.03 bits per heavy atom. The smallest absolute Gasteiger partial charge is 0.229 e. The van der Waals surface area contributed by atoms with Crippen molar-refractivity contribution in [1.82, 2.24) is 15.2 Å². The standard InChI is InChI=1S/C23H22ClN3O3/c24-19-7-3-1-5-15(19)17(18-13-25-20-8-4-2-6-16(18)20)14-26-21(28)11-12-27-22(29)9-10-23(27)30/h1-8,13,17,25H,9-12,14H2,(H,26,28)/t17-/m1/s1. The highest BCUT2D eigenvalue weighted by Crippen LogP contribution is 2.34. The van der Waals surface area contributed by atoms with Gasteiger partial charge in [0.25, 0.3) is 0 Å². The van der Waals surface area contributed by atoms with E-state index in [1.165, 1.54) is 4.90 Å². The minimum atomic E-state index is -0.209. The van der Waals surface area contributed by atoms with Gasteiger partial charge in [-0.05, 0) is 23.3 Å². The van der Waals surface area contributed by atoms with Gasteiger partial charge in [-0.15, -0.1) is 0 Å². The van der Waals surface area contributed by atoms with Crippen LogP contribution in [0.3, 0.4) is 0 Å². The van der Waals surface area contributed by atoms with Crippen LogP contribution < -0.4 is 5.32 Å². The number of rotatable bonds is 7. The van der Waals surface area contributed by atoms with Crippen molar-refractivity contribution in [3.8, 4) is 0 Å². The maximum Gasteiger partial charge on any atom is 0.229 e. The average Bonchev–Trinajstić information content (AvgIpc) is 3.31. The van der Waals surface area contributed by atoms with Crippen LogP contribution >= 0.6 is 11.6 Å². The van der Waals surface area contributed by atoms with Crippen molar-refractivity contribution in [2.75, 3.05) is 13.1 Å². The third kappa shape index (κ3) is 4.09. The highest BCUT2D eigenvalue weighted by Gasteiger charge is 2.29. The predicted molar refractivity (Wildman–Crippen MR) is 115 cm³/mol. The number of imide groups is 1. The number of carbonyl (C=O) groups excluding carboxylic acids is 3. The highest BCUT2D eigenvalue weighted by molar-refractivity contribution is 6.31. The first-order valence-electron chi connectivity index (χ1n) is 9.95. The predicted octanol–water partition coefficient (Wildman–Crippen LogP) is 3.61. The molecule has 1 atom stereocenters. The van der Waals surface area contributed by atoms with Crippen LogP contribution in [0.25, 0.3) is 10.9 Å². The number of amides is 3. The number of fused-ring (bicyclic) bond motifs is 1. The monoisotopic (exact) mass is 423 g/mol. The lowest BCUT2D eigenvalue weighted by atomic mass is 9.90. The minimum absolute atomic E-state index is 0.0839. The van der Waals surface area contributed by atoms with Gasteiger partial charge in [-0.25, -0.2) is 0 Å². The number of nitrogens with zero attached hydrogens (tertiary/aromatic N) is 1. The summed E-state index contributed by atoms with van der Waals surface area (Å²) in [6.07, 6.45) is 2.50. The molecule has 0 unspecified atom stereocenters. The molecule has 154 valence electrons. The fourth-order valence-corrected chi connectivity index (χ4v) is 4.18. The van der Waals surface area contributed by atoms with Crippen LogP contribution in [0.4, 0.5) is 0 Å². The summed E-state index contributed by atoms with van der Waals surface area (Å²) >= 11 is 6.48. The summed E-state index contributed by atoms with van der Waals surface area (Å²) in [5.74, 6) is -0.769. The fraction of sp³-hybridized carbons (Fsp3) is 0.261. The second-order valence-electron chi connectivity index (χ2n) is 7.36. The topological polar surface area (TPSA) is 82.3 Å². The molecule has 1 aliphatic rings. The summed E-state index contributed by atoms with van der Waals surface area (Å²) in [5.41, 5.74) is 2.99. The zero-order valence-electron chi connectivity index (χ0n) is 16.4. The maximum absolute atomic E-state index is 12.5. The first kappa shape index (κ1) is 20.2. The SMILES string of the molecule is O=C(CCN1C(=O)CCC1=O)NC[C@H](c1ccccc1Cl)c1c[nH]c2ccccc12. The molecule has 0 radical (unpaired) electrons. The molecule has 7 heteroatoms. The van der Waals surface area contributed by atoms with Gasteiger partial charge in [0.1, 0.15) is 0 Å².